The summed E-state index contributed by atoms with van der Waals surface area (Å²) in [6.45, 7) is 3.29. The molecule has 0 bridgehead atoms. The lowest BCUT2D eigenvalue weighted by Gasteiger charge is -2.22. The van der Waals surface area contributed by atoms with E-state index in [4.69, 9.17) is 4.74 Å². The van der Waals surface area contributed by atoms with Crippen LogP contribution in [0.5, 0.6) is 0 Å². The number of H-pyrrole nitrogens is 1. The number of nitrogens with one attached hydrogen (secondary N) is 1. The van der Waals surface area contributed by atoms with Gasteiger partial charge in [-0.15, -0.1) is 0 Å². The zero-order valence-electron chi connectivity index (χ0n) is 12.7. The number of aliphatic hydroxyl groups excluding tert-OH is 2. The largest absolute Gasteiger partial charge is 0.394 e. The summed E-state index contributed by atoms with van der Waals surface area (Å²) in [5, 5.41) is 19.1. The van der Waals surface area contributed by atoms with Crippen molar-refractivity contribution in [1.82, 2.24) is 9.55 Å². The Bertz CT molecular complexity index is 614. The first kappa shape index (κ1) is 17.3. The summed E-state index contributed by atoms with van der Waals surface area (Å²) in [5.74, 6) is 0.912. The zero-order chi connectivity index (χ0) is 16.3. The average molecular weight is 330 g/mol. The molecule has 1 aliphatic rings. The van der Waals surface area contributed by atoms with E-state index in [2.05, 4.69) is 11.9 Å². The van der Waals surface area contributed by atoms with E-state index in [-0.39, 0.29) is 11.9 Å². The van der Waals surface area contributed by atoms with E-state index in [1.165, 1.54) is 10.8 Å². The number of aromatic amines is 1. The molecule has 1 saturated heterocycles. The van der Waals surface area contributed by atoms with Gasteiger partial charge in [-0.1, -0.05) is 6.92 Å². The molecule has 0 amide bonds. The first-order valence-electron chi connectivity index (χ1n) is 7.36. The van der Waals surface area contributed by atoms with Crippen LogP contribution >= 0.6 is 11.8 Å². The van der Waals surface area contributed by atoms with E-state index in [9.17, 15) is 19.8 Å². The molecule has 0 spiro atoms. The Kier molecular flexibility index (Phi) is 5.85. The van der Waals surface area contributed by atoms with Crippen LogP contribution in [-0.2, 0) is 4.74 Å². The lowest BCUT2D eigenvalue weighted by molar-refractivity contribution is -0.0741. The highest BCUT2D eigenvalue weighted by Crippen LogP contribution is 2.37. The normalized spacial score (nSPS) is 26.3. The van der Waals surface area contributed by atoms with Crippen molar-refractivity contribution in [3.63, 3.8) is 0 Å². The van der Waals surface area contributed by atoms with Gasteiger partial charge < -0.3 is 14.9 Å². The van der Waals surface area contributed by atoms with Crippen molar-refractivity contribution in [2.24, 2.45) is 0 Å². The van der Waals surface area contributed by atoms with Crippen molar-refractivity contribution in [1.29, 1.82) is 0 Å². The SMILES string of the molecule is CCCSC1CC(n2cc(C)c(=O)[nH]c2=O)O[C@@H]1C(O)CO. The summed E-state index contributed by atoms with van der Waals surface area (Å²) in [6.07, 6.45) is 0.929. The summed E-state index contributed by atoms with van der Waals surface area (Å²) in [4.78, 5) is 25.7. The van der Waals surface area contributed by atoms with Crippen LogP contribution in [0.3, 0.4) is 0 Å². The smallest absolute Gasteiger partial charge is 0.330 e. The first-order chi connectivity index (χ1) is 10.5. The maximum atomic E-state index is 12.0. The predicted octanol–water partition coefficient (Wildman–Crippen LogP) is -0.00248. The molecule has 3 unspecified atom stereocenters. The van der Waals surface area contributed by atoms with Gasteiger partial charge in [-0.25, -0.2) is 4.79 Å². The number of rotatable bonds is 6. The van der Waals surface area contributed by atoms with E-state index >= 15 is 0 Å². The molecule has 4 atom stereocenters. The van der Waals surface area contributed by atoms with Crippen molar-refractivity contribution >= 4 is 11.8 Å². The summed E-state index contributed by atoms with van der Waals surface area (Å²) in [7, 11) is 0. The third-order valence-corrected chi connectivity index (χ3v) is 5.21. The molecule has 1 aromatic rings. The summed E-state index contributed by atoms with van der Waals surface area (Å²) in [5.41, 5.74) is -0.519. The Morgan fingerprint density at radius 3 is 2.91 bits per heavy atom. The van der Waals surface area contributed by atoms with Crippen LogP contribution < -0.4 is 11.2 Å². The number of aryl methyl sites for hydroxylation is 1. The first-order valence-corrected chi connectivity index (χ1v) is 8.40. The number of aromatic nitrogens is 2. The van der Waals surface area contributed by atoms with E-state index in [1.807, 2.05) is 0 Å². The summed E-state index contributed by atoms with van der Waals surface area (Å²) < 4.78 is 7.14. The summed E-state index contributed by atoms with van der Waals surface area (Å²) in [6, 6.07) is 0. The quantitative estimate of drug-likeness (QED) is 0.678. The number of hydrogen-bond acceptors (Lipinski definition) is 6. The van der Waals surface area contributed by atoms with Crippen molar-refractivity contribution in [3.05, 3.63) is 32.6 Å². The van der Waals surface area contributed by atoms with Gasteiger partial charge in [0.2, 0.25) is 0 Å². The lowest BCUT2D eigenvalue weighted by Crippen LogP contribution is -2.36. The highest BCUT2D eigenvalue weighted by Gasteiger charge is 2.40. The number of aliphatic hydroxyl groups is 2. The van der Waals surface area contributed by atoms with Crippen molar-refractivity contribution in [2.45, 2.75) is 50.4 Å². The van der Waals surface area contributed by atoms with E-state index in [0.717, 1.165) is 12.2 Å². The molecule has 124 valence electrons. The molecule has 0 aliphatic carbocycles. The topological polar surface area (TPSA) is 105 Å². The van der Waals surface area contributed by atoms with Gasteiger partial charge in [0.05, 0.1) is 6.61 Å². The second kappa shape index (κ2) is 7.45. The van der Waals surface area contributed by atoms with E-state index in [0.29, 0.717) is 12.0 Å². The minimum absolute atomic E-state index is 0.00812. The minimum atomic E-state index is -0.987. The van der Waals surface area contributed by atoms with Crippen LogP contribution in [0.2, 0.25) is 0 Å². The van der Waals surface area contributed by atoms with E-state index in [1.54, 1.807) is 18.7 Å². The van der Waals surface area contributed by atoms with Gasteiger partial charge in [0.1, 0.15) is 18.4 Å². The zero-order valence-corrected chi connectivity index (χ0v) is 13.5. The van der Waals surface area contributed by atoms with Crippen LogP contribution in [0.15, 0.2) is 15.8 Å². The van der Waals surface area contributed by atoms with Crippen LogP contribution in [0.4, 0.5) is 0 Å². The molecule has 7 nitrogen and oxygen atoms in total. The van der Waals surface area contributed by atoms with Crippen molar-refractivity contribution < 1.29 is 14.9 Å². The Hall–Kier alpha value is -1.09. The van der Waals surface area contributed by atoms with Gasteiger partial charge in [-0.2, -0.15) is 11.8 Å². The second-order valence-corrected chi connectivity index (χ2v) is 6.78. The molecule has 0 saturated carbocycles. The molecule has 1 fully saturated rings. The third-order valence-electron chi connectivity index (χ3n) is 3.67. The highest BCUT2D eigenvalue weighted by molar-refractivity contribution is 7.99. The molecular weight excluding hydrogens is 308 g/mol. The standard InChI is InChI=1S/C14H22N2O5S/c1-3-4-22-10-5-11(21-12(10)9(18)7-17)16-6-8(2)13(19)15-14(16)20/h6,9-12,17-18H,3-5,7H2,1-2H3,(H,15,19,20)/t9?,10?,11?,12-/m1/s1. The Morgan fingerprint density at radius 1 is 1.55 bits per heavy atom. The minimum Gasteiger partial charge on any atom is -0.394 e. The molecule has 2 heterocycles. The fourth-order valence-electron chi connectivity index (χ4n) is 2.51. The molecule has 8 heteroatoms. The lowest BCUT2D eigenvalue weighted by atomic mass is 10.1. The Morgan fingerprint density at radius 2 is 2.27 bits per heavy atom. The van der Waals surface area contributed by atoms with Gasteiger partial charge in [0.25, 0.3) is 5.56 Å². The maximum Gasteiger partial charge on any atom is 0.330 e. The van der Waals surface area contributed by atoms with Gasteiger partial charge in [-0.3, -0.25) is 14.3 Å². The number of thioether (sulfide) groups is 1. The summed E-state index contributed by atoms with van der Waals surface area (Å²) >= 11 is 1.66. The van der Waals surface area contributed by atoms with Gasteiger partial charge in [0.15, 0.2) is 0 Å². The van der Waals surface area contributed by atoms with Crippen molar-refractivity contribution in [3.8, 4) is 0 Å². The van der Waals surface area contributed by atoms with Crippen molar-refractivity contribution in [2.75, 3.05) is 12.4 Å². The van der Waals surface area contributed by atoms with E-state index < -0.39 is 29.7 Å². The van der Waals surface area contributed by atoms with Crippen LogP contribution in [0, 0.1) is 6.92 Å². The molecular formula is C14H22N2O5S. The van der Waals surface area contributed by atoms with Gasteiger partial charge in [0, 0.05) is 23.4 Å². The average Bonchev–Trinajstić information content (AvgIpc) is 2.91. The monoisotopic (exact) mass is 330 g/mol. The highest BCUT2D eigenvalue weighted by atomic mass is 32.2. The molecule has 2 rings (SSSR count). The molecule has 3 N–H and O–H groups in total. The molecule has 0 radical (unpaired) electrons. The van der Waals surface area contributed by atoms with Crippen LogP contribution in [0.1, 0.15) is 31.6 Å². The molecule has 1 aliphatic heterocycles. The van der Waals surface area contributed by atoms with Gasteiger partial charge in [-0.05, 0) is 19.1 Å². The second-order valence-electron chi connectivity index (χ2n) is 5.43. The fraction of sp³-hybridized carbons (Fsp3) is 0.714. The van der Waals surface area contributed by atoms with Gasteiger partial charge >= 0.3 is 5.69 Å². The number of nitrogens with zero attached hydrogens (tertiary/aromatic N) is 1. The molecule has 1 aromatic heterocycles. The van der Waals surface area contributed by atoms with Crippen LogP contribution in [0.25, 0.3) is 0 Å². The molecule has 0 aromatic carbocycles. The Labute approximate surface area is 132 Å². The Balaban J connectivity index is 2.25. The third kappa shape index (κ3) is 3.62. The number of ether oxygens (including phenoxy) is 1. The number of hydrogen-bond donors (Lipinski definition) is 3. The molecule has 22 heavy (non-hydrogen) atoms. The van der Waals surface area contributed by atoms with Crippen LogP contribution in [-0.4, -0.2) is 49.6 Å². The maximum absolute atomic E-state index is 12.0. The fourth-order valence-corrected chi connectivity index (χ4v) is 3.79. The predicted molar refractivity (Wildman–Crippen MR) is 84.2 cm³/mol.